The molecule has 0 spiro atoms. The molecule has 1 aromatic rings. The van der Waals surface area contributed by atoms with Crippen LogP contribution in [0.3, 0.4) is 0 Å². The molecule has 0 heterocycles. The summed E-state index contributed by atoms with van der Waals surface area (Å²) in [6.45, 7) is 0.119. The Hall–Kier alpha value is -0.940. The van der Waals surface area contributed by atoms with Gasteiger partial charge in [-0.05, 0) is 17.7 Å². The lowest BCUT2D eigenvalue weighted by Gasteiger charge is -2.11. The monoisotopic (exact) mass is 295 g/mol. The summed E-state index contributed by atoms with van der Waals surface area (Å²) in [6, 6.07) is 7.84. The van der Waals surface area contributed by atoms with Crippen LogP contribution in [0.25, 0.3) is 0 Å². The van der Waals surface area contributed by atoms with Gasteiger partial charge < -0.3 is 10.0 Å². The first-order valence-corrected chi connectivity index (χ1v) is 7.00. The van der Waals surface area contributed by atoms with Crippen molar-refractivity contribution >= 4 is 22.2 Å². The van der Waals surface area contributed by atoms with Crippen molar-refractivity contribution in [3.8, 4) is 0 Å². The van der Waals surface area contributed by atoms with Gasteiger partial charge in [-0.1, -0.05) is 12.1 Å². The summed E-state index contributed by atoms with van der Waals surface area (Å²) in [5.41, 5.74) is 2.11. The molecule has 0 saturated carbocycles. The van der Waals surface area contributed by atoms with Crippen molar-refractivity contribution in [1.82, 2.24) is 0 Å². The van der Waals surface area contributed by atoms with Gasteiger partial charge in [0.2, 0.25) is 0 Å². The maximum atomic E-state index is 9.39. The Labute approximate surface area is 107 Å². The molecule has 18 heavy (non-hydrogen) atoms. The zero-order chi connectivity index (χ0) is 14.1. The Bertz CT molecular complexity index is 383. The van der Waals surface area contributed by atoms with E-state index in [2.05, 4.69) is 4.31 Å². The lowest BCUT2D eigenvalue weighted by atomic mass is 10.2. The van der Waals surface area contributed by atoms with Crippen molar-refractivity contribution in [3.63, 3.8) is 0 Å². The van der Waals surface area contributed by atoms with Gasteiger partial charge >= 0.3 is 16.5 Å². The van der Waals surface area contributed by atoms with Crippen LogP contribution in [0.1, 0.15) is 5.56 Å². The summed E-state index contributed by atoms with van der Waals surface area (Å²) in [5.74, 6) is 0. The first-order valence-electron chi connectivity index (χ1n) is 4.74. The molecule has 7 nitrogen and oxygen atoms in total. The highest BCUT2D eigenvalue weighted by molar-refractivity contribution is 7.46. The van der Waals surface area contributed by atoms with Gasteiger partial charge in [0.1, 0.15) is 0 Å². The van der Waals surface area contributed by atoms with Gasteiger partial charge in [-0.25, -0.2) is 0 Å². The fourth-order valence-electron chi connectivity index (χ4n) is 0.959. The molecule has 0 aliphatic heterocycles. The third-order valence-electron chi connectivity index (χ3n) is 1.78. The largest absolute Gasteiger partial charge is 0.745 e. The first-order chi connectivity index (χ1) is 8.36. The fraction of sp³-hybridized carbons (Fsp3) is 0.333. The van der Waals surface area contributed by atoms with Crippen molar-refractivity contribution in [2.24, 2.45) is 0 Å². The SMILES string of the molecule is CN(C)c1ccc(CO)cc1.O=[P+](O)O[P+](=O)O. The van der Waals surface area contributed by atoms with Gasteiger partial charge in [-0.15, -0.1) is 9.79 Å². The number of anilines is 1. The first kappa shape index (κ1) is 17.1. The highest BCUT2D eigenvalue weighted by Crippen LogP contribution is 2.30. The molecule has 0 aromatic heterocycles. The number of nitrogens with zero attached hydrogens (tertiary/aromatic N) is 1. The Balaban J connectivity index is 0.000000360. The van der Waals surface area contributed by atoms with Crippen molar-refractivity contribution in [2.45, 2.75) is 6.61 Å². The van der Waals surface area contributed by atoms with Crippen LogP contribution in [-0.2, 0) is 20.0 Å². The second-order valence-electron chi connectivity index (χ2n) is 3.28. The summed E-state index contributed by atoms with van der Waals surface area (Å²) < 4.78 is 22.2. The Morgan fingerprint density at radius 2 is 1.56 bits per heavy atom. The molecule has 0 aliphatic carbocycles. The third kappa shape index (κ3) is 8.20. The van der Waals surface area contributed by atoms with Crippen LogP contribution in [0, 0.1) is 0 Å². The fourth-order valence-corrected chi connectivity index (χ4v) is 1.44. The van der Waals surface area contributed by atoms with Crippen LogP contribution in [0.15, 0.2) is 24.3 Å². The molecule has 0 aliphatic rings. The van der Waals surface area contributed by atoms with Crippen LogP contribution < -0.4 is 4.90 Å². The Morgan fingerprint density at radius 3 is 1.78 bits per heavy atom. The lowest BCUT2D eigenvalue weighted by Crippen LogP contribution is -2.08. The van der Waals surface area contributed by atoms with E-state index in [0.29, 0.717) is 0 Å². The van der Waals surface area contributed by atoms with Crippen molar-refractivity contribution in [2.75, 3.05) is 19.0 Å². The van der Waals surface area contributed by atoms with E-state index >= 15 is 0 Å². The van der Waals surface area contributed by atoms with E-state index in [0.717, 1.165) is 11.3 Å². The van der Waals surface area contributed by atoms with Gasteiger partial charge in [0, 0.05) is 28.9 Å². The molecule has 9 heteroatoms. The number of benzene rings is 1. The van der Waals surface area contributed by atoms with Crippen LogP contribution in [-0.4, -0.2) is 29.0 Å². The maximum Gasteiger partial charge on any atom is 0.745 e. The Morgan fingerprint density at radius 1 is 1.11 bits per heavy atom. The summed E-state index contributed by atoms with van der Waals surface area (Å²) in [7, 11) is -1.86. The van der Waals surface area contributed by atoms with Gasteiger partial charge in [-0.2, -0.15) is 0 Å². The van der Waals surface area contributed by atoms with E-state index in [1.54, 1.807) is 0 Å². The van der Waals surface area contributed by atoms with Crippen LogP contribution in [0.4, 0.5) is 5.69 Å². The molecule has 0 amide bonds. The molecular formula is C9H15NO6P2+2. The van der Waals surface area contributed by atoms with Crippen LogP contribution >= 0.6 is 16.5 Å². The van der Waals surface area contributed by atoms with E-state index in [4.69, 9.17) is 14.9 Å². The number of rotatable bonds is 4. The molecule has 2 unspecified atom stereocenters. The van der Waals surface area contributed by atoms with Crippen molar-refractivity contribution in [3.05, 3.63) is 29.8 Å². The Kier molecular flexibility index (Phi) is 8.58. The molecule has 100 valence electrons. The predicted octanol–water partition coefficient (Wildman–Crippen LogP) is 1.55. The number of aliphatic hydroxyl groups excluding tert-OH is 1. The van der Waals surface area contributed by atoms with Crippen LogP contribution in [0.5, 0.6) is 0 Å². The minimum atomic E-state index is -2.92. The van der Waals surface area contributed by atoms with Crippen molar-refractivity contribution in [1.29, 1.82) is 0 Å². The van der Waals surface area contributed by atoms with E-state index in [1.807, 2.05) is 43.3 Å². The molecule has 0 fully saturated rings. The third-order valence-corrected chi connectivity index (χ3v) is 2.89. The second-order valence-corrected chi connectivity index (χ2v) is 4.88. The second kappa shape index (κ2) is 9.05. The topological polar surface area (TPSA) is 107 Å². The number of aliphatic hydroxyl groups is 1. The van der Waals surface area contributed by atoms with E-state index in [1.165, 1.54) is 0 Å². The zero-order valence-corrected chi connectivity index (χ0v) is 11.7. The average Bonchev–Trinajstić information content (AvgIpc) is 2.28. The quantitative estimate of drug-likeness (QED) is 0.723. The van der Waals surface area contributed by atoms with Gasteiger partial charge in [0.25, 0.3) is 0 Å². The number of hydrogen-bond acceptors (Lipinski definition) is 5. The molecule has 1 rings (SSSR count). The highest BCUT2D eigenvalue weighted by atomic mass is 31.2. The summed E-state index contributed by atoms with van der Waals surface area (Å²) in [4.78, 5) is 17.4. The molecule has 0 saturated heterocycles. The van der Waals surface area contributed by atoms with Gasteiger partial charge in [-0.3, -0.25) is 0 Å². The average molecular weight is 295 g/mol. The number of hydrogen-bond donors (Lipinski definition) is 3. The lowest BCUT2D eigenvalue weighted by molar-refractivity contribution is 0.282. The summed E-state index contributed by atoms with van der Waals surface area (Å²) in [5, 5.41) is 8.75. The van der Waals surface area contributed by atoms with E-state index < -0.39 is 16.5 Å². The van der Waals surface area contributed by atoms with Crippen LogP contribution in [0.2, 0.25) is 0 Å². The van der Waals surface area contributed by atoms with Gasteiger partial charge in [0.15, 0.2) is 4.31 Å². The molecule has 3 N–H and O–H groups in total. The predicted molar refractivity (Wildman–Crippen MR) is 67.4 cm³/mol. The maximum absolute atomic E-state index is 9.39. The summed E-state index contributed by atoms with van der Waals surface area (Å²) in [6.07, 6.45) is 0. The minimum Gasteiger partial charge on any atom is -0.392 e. The molecule has 2 atom stereocenters. The zero-order valence-electron chi connectivity index (χ0n) is 9.92. The smallest absolute Gasteiger partial charge is 0.392 e. The van der Waals surface area contributed by atoms with Gasteiger partial charge in [0.05, 0.1) is 6.61 Å². The molecule has 0 bridgehead atoms. The normalized spacial score (nSPS) is 11.2. The summed E-state index contributed by atoms with van der Waals surface area (Å²) >= 11 is 0. The molecule has 0 radical (unpaired) electrons. The van der Waals surface area contributed by atoms with E-state index in [9.17, 15) is 9.13 Å². The molecule has 1 aromatic carbocycles. The van der Waals surface area contributed by atoms with Crippen molar-refractivity contribution < 1.29 is 28.3 Å². The standard InChI is InChI=1S/C9H13NO.O5P2/c1-10(2)9-5-3-8(7-11)4-6-9;1-6(2)5-7(3)4/h3-6,11H,7H2,1-2H3;/p+2. The minimum absolute atomic E-state index is 0.119. The molecular weight excluding hydrogens is 280 g/mol. The highest BCUT2D eigenvalue weighted by Gasteiger charge is 2.31. The van der Waals surface area contributed by atoms with E-state index in [-0.39, 0.29) is 6.61 Å².